The number of halogens is 4. The van der Waals surface area contributed by atoms with E-state index in [1.807, 2.05) is 0 Å². The highest BCUT2D eigenvalue weighted by molar-refractivity contribution is 9.10. The number of hydrogen-bond acceptors (Lipinski definition) is 6. The lowest BCUT2D eigenvalue weighted by Crippen LogP contribution is -2.42. The Bertz CT molecular complexity index is 763. The molecule has 1 N–H and O–H groups in total. The van der Waals surface area contributed by atoms with Crippen molar-refractivity contribution in [2.75, 3.05) is 6.26 Å². The van der Waals surface area contributed by atoms with Gasteiger partial charge in [0.2, 0.25) is 0 Å². The fraction of sp³-hybridized carbons (Fsp3) is 0.571. The smallest absolute Gasteiger partial charge is 0.414 e. The van der Waals surface area contributed by atoms with Crippen molar-refractivity contribution in [2.45, 2.75) is 45.2 Å². The maximum atomic E-state index is 13.5. The van der Waals surface area contributed by atoms with Crippen LogP contribution >= 0.6 is 15.9 Å². The average molecular weight is 463 g/mol. The van der Waals surface area contributed by atoms with Crippen LogP contribution in [0, 0.1) is 0 Å². The van der Waals surface area contributed by atoms with E-state index in [9.17, 15) is 26.4 Å². The minimum Gasteiger partial charge on any atom is -0.444 e. The Morgan fingerprint density at radius 1 is 1.35 bits per heavy atom. The van der Waals surface area contributed by atoms with Crippen molar-refractivity contribution in [3.63, 3.8) is 0 Å². The van der Waals surface area contributed by atoms with Crippen LogP contribution in [0.25, 0.3) is 0 Å². The molecule has 0 saturated carbocycles. The van der Waals surface area contributed by atoms with Gasteiger partial charge in [0.15, 0.2) is 6.04 Å². The van der Waals surface area contributed by atoms with Crippen molar-refractivity contribution >= 4 is 32.1 Å². The highest BCUT2D eigenvalue weighted by Gasteiger charge is 2.44. The summed E-state index contributed by atoms with van der Waals surface area (Å²) in [4.78, 5) is 15.5. The van der Waals surface area contributed by atoms with E-state index >= 15 is 0 Å². The normalized spacial score (nSPS) is 14.0. The summed E-state index contributed by atoms with van der Waals surface area (Å²) in [6.07, 6.45) is -4.34. The molecule has 0 radical (unpaired) electrons. The summed E-state index contributed by atoms with van der Waals surface area (Å²) in [5, 5.41) is 1.72. The molecule has 12 heteroatoms. The zero-order valence-electron chi connectivity index (χ0n) is 14.3. The summed E-state index contributed by atoms with van der Waals surface area (Å²) >= 11 is 3.05. The minimum atomic E-state index is -4.91. The molecule has 0 spiro atoms. The Morgan fingerprint density at radius 3 is 2.38 bits per heavy atom. The fourth-order valence-corrected chi connectivity index (χ4v) is 2.49. The molecule has 0 unspecified atom stereocenters. The van der Waals surface area contributed by atoms with E-state index in [1.165, 1.54) is 26.8 Å². The topological polar surface area (TPSA) is 94.6 Å². The van der Waals surface area contributed by atoms with Crippen LogP contribution < -0.4 is 5.32 Å². The van der Waals surface area contributed by atoms with Crippen molar-refractivity contribution in [3.05, 3.63) is 28.0 Å². The van der Waals surface area contributed by atoms with Gasteiger partial charge in [-0.15, -0.1) is 0 Å². The predicted octanol–water partition coefficient (Wildman–Crippen LogP) is 3.45. The molecule has 1 amide bonds. The molecule has 0 aliphatic carbocycles. The van der Waals surface area contributed by atoms with Gasteiger partial charge in [0.25, 0.3) is 10.1 Å². The molecule has 0 bridgehead atoms. The van der Waals surface area contributed by atoms with Crippen LogP contribution in [0.1, 0.15) is 38.1 Å². The number of nitrogens with one attached hydrogen (secondary N) is 1. The number of alkyl carbamates (subject to hydrolysis) is 1. The number of carbonyl (C=O) groups is 1. The number of rotatable bonds is 5. The molecule has 1 aromatic heterocycles. The summed E-state index contributed by atoms with van der Waals surface area (Å²) in [6, 6.07) is -1.29. The number of alkyl halides is 3. The fourth-order valence-electron chi connectivity index (χ4n) is 1.77. The molecule has 0 fully saturated rings. The van der Waals surface area contributed by atoms with E-state index in [2.05, 4.69) is 25.1 Å². The molecular formula is C14H18BrF3N2O5S. The van der Waals surface area contributed by atoms with Gasteiger partial charge in [-0.2, -0.15) is 21.6 Å². The van der Waals surface area contributed by atoms with Crippen LogP contribution in [0.3, 0.4) is 0 Å². The summed E-state index contributed by atoms with van der Waals surface area (Å²) in [5.41, 5.74) is -1.77. The summed E-state index contributed by atoms with van der Waals surface area (Å²) in [7, 11) is -3.90. The summed E-state index contributed by atoms with van der Waals surface area (Å²) in [5.74, 6) is 0. The molecule has 1 aromatic rings. The number of hydrogen-bond donors (Lipinski definition) is 1. The van der Waals surface area contributed by atoms with Crippen molar-refractivity contribution in [2.24, 2.45) is 0 Å². The third-order valence-electron chi connectivity index (χ3n) is 2.66. The highest BCUT2D eigenvalue weighted by Crippen LogP contribution is 2.34. The van der Waals surface area contributed by atoms with Crippen molar-refractivity contribution < 1.29 is 35.3 Å². The first-order valence-electron chi connectivity index (χ1n) is 7.13. The van der Waals surface area contributed by atoms with Gasteiger partial charge >= 0.3 is 12.3 Å². The Morgan fingerprint density at radius 2 is 1.92 bits per heavy atom. The zero-order valence-corrected chi connectivity index (χ0v) is 16.8. The molecule has 0 saturated heterocycles. The molecule has 0 aliphatic heterocycles. The molecule has 1 heterocycles. The van der Waals surface area contributed by atoms with Gasteiger partial charge in [0.05, 0.1) is 18.6 Å². The van der Waals surface area contributed by atoms with Crippen LogP contribution in [-0.4, -0.2) is 37.5 Å². The number of pyridine rings is 1. The van der Waals surface area contributed by atoms with E-state index in [0.717, 1.165) is 12.5 Å². The molecular weight excluding hydrogens is 445 g/mol. The number of amides is 1. The molecule has 7 nitrogen and oxygen atoms in total. The van der Waals surface area contributed by atoms with Crippen molar-refractivity contribution in [1.82, 2.24) is 10.3 Å². The van der Waals surface area contributed by atoms with E-state index in [4.69, 9.17) is 4.74 Å². The highest BCUT2D eigenvalue weighted by atomic mass is 79.9. The van der Waals surface area contributed by atoms with Crippen LogP contribution in [0.4, 0.5) is 18.0 Å². The minimum absolute atomic E-state index is 0.164. The van der Waals surface area contributed by atoms with Gasteiger partial charge in [0, 0.05) is 16.2 Å². The SMILES string of the molecule is CC(C)(C)OC(=O)N[C@H](c1ncc(Br)cc1COS(C)(=O)=O)C(F)(F)F. The molecule has 148 valence electrons. The summed E-state index contributed by atoms with van der Waals surface area (Å²) < 4.78 is 72.4. The molecule has 1 rings (SSSR count). The van der Waals surface area contributed by atoms with E-state index in [0.29, 0.717) is 4.47 Å². The van der Waals surface area contributed by atoms with Crippen LogP contribution in [0.2, 0.25) is 0 Å². The first kappa shape index (κ1) is 22.6. The van der Waals surface area contributed by atoms with Gasteiger partial charge < -0.3 is 10.1 Å². The number of ether oxygens (including phenoxy) is 1. The second kappa shape index (κ2) is 8.09. The lowest BCUT2D eigenvalue weighted by Gasteiger charge is -2.26. The maximum Gasteiger partial charge on any atom is 0.414 e. The van der Waals surface area contributed by atoms with Crippen LogP contribution in [0.15, 0.2) is 16.7 Å². The van der Waals surface area contributed by atoms with Crippen LogP contribution in [0.5, 0.6) is 0 Å². The third-order valence-corrected chi connectivity index (χ3v) is 3.64. The van der Waals surface area contributed by atoms with Gasteiger partial charge in [-0.3, -0.25) is 9.17 Å². The third kappa shape index (κ3) is 7.87. The molecule has 0 aromatic carbocycles. The molecule has 1 atom stereocenters. The molecule has 26 heavy (non-hydrogen) atoms. The van der Waals surface area contributed by atoms with Crippen molar-refractivity contribution in [1.29, 1.82) is 0 Å². The number of aromatic nitrogens is 1. The van der Waals surface area contributed by atoms with Crippen LogP contribution in [-0.2, 0) is 25.6 Å². The van der Waals surface area contributed by atoms with Gasteiger partial charge in [0.1, 0.15) is 5.60 Å². The maximum absolute atomic E-state index is 13.5. The second-order valence-electron chi connectivity index (χ2n) is 6.29. The number of nitrogens with zero attached hydrogens (tertiary/aromatic N) is 1. The van der Waals surface area contributed by atoms with Gasteiger partial charge in [-0.25, -0.2) is 4.79 Å². The van der Waals surface area contributed by atoms with Gasteiger partial charge in [-0.1, -0.05) is 0 Å². The predicted molar refractivity (Wildman–Crippen MR) is 89.7 cm³/mol. The lowest BCUT2D eigenvalue weighted by atomic mass is 10.1. The lowest BCUT2D eigenvalue weighted by molar-refractivity contribution is -0.158. The Hall–Kier alpha value is -1.40. The Balaban J connectivity index is 3.24. The molecule has 0 aliphatic rings. The van der Waals surface area contributed by atoms with E-state index < -0.39 is 46.3 Å². The largest absolute Gasteiger partial charge is 0.444 e. The monoisotopic (exact) mass is 462 g/mol. The standard InChI is InChI=1S/C14H18BrF3N2O5S/c1-13(2,3)25-12(21)20-11(14(16,17)18)10-8(5-9(15)6-19-10)7-24-26(4,22)23/h5-6,11H,7H2,1-4H3,(H,20,21)/t11-/m1/s1. The zero-order chi connectivity index (χ0) is 20.3. The Labute approximate surface area is 157 Å². The Kier molecular flexibility index (Phi) is 7.04. The quantitative estimate of drug-likeness (QED) is 0.673. The number of carbonyl (C=O) groups excluding carboxylic acids is 1. The second-order valence-corrected chi connectivity index (χ2v) is 8.84. The summed E-state index contributed by atoms with van der Waals surface area (Å²) in [6.45, 7) is 3.82. The first-order chi connectivity index (χ1) is 11.6. The van der Waals surface area contributed by atoms with Crippen molar-refractivity contribution in [3.8, 4) is 0 Å². The van der Waals surface area contributed by atoms with E-state index in [1.54, 1.807) is 5.32 Å². The average Bonchev–Trinajstić information content (AvgIpc) is 2.39. The van der Waals surface area contributed by atoms with Gasteiger partial charge in [-0.05, 0) is 42.8 Å². The van der Waals surface area contributed by atoms with E-state index in [-0.39, 0.29) is 5.56 Å². The first-order valence-corrected chi connectivity index (χ1v) is 9.74.